The normalized spacial score (nSPS) is 13.0. The van der Waals surface area contributed by atoms with Crippen LogP contribution in [-0.4, -0.2) is 40.8 Å². The van der Waals surface area contributed by atoms with Crippen LogP contribution in [0.4, 0.5) is 0 Å². The molecule has 114 valence electrons. The number of carboxylic acids is 1. The van der Waals surface area contributed by atoms with E-state index >= 15 is 0 Å². The number of hydrogen-bond acceptors (Lipinski definition) is 4. The van der Waals surface area contributed by atoms with Gasteiger partial charge in [0.25, 0.3) is 5.91 Å². The summed E-state index contributed by atoms with van der Waals surface area (Å²) in [5.41, 5.74) is -1.10. The summed E-state index contributed by atoms with van der Waals surface area (Å²) < 4.78 is 5.29. The summed E-state index contributed by atoms with van der Waals surface area (Å²) in [5, 5.41) is 20.9. The van der Waals surface area contributed by atoms with Crippen molar-refractivity contribution in [3.05, 3.63) is 42.5 Å². The van der Waals surface area contributed by atoms with E-state index in [2.05, 4.69) is 11.9 Å². The quantitative estimate of drug-likeness (QED) is 0.626. The van der Waals surface area contributed by atoms with Crippen LogP contribution in [0.15, 0.2) is 36.9 Å². The molecule has 0 saturated heterocycles. The van der Waals surface area contributed by atoms with Crippen molar-refractivity contribution >= 4 is 11.9 Å². The minimum absolute atomic E-state index is 0.146. The van der Waals surface area contributed by atoms with Crippen molar-refractivity contribution in [1.29, 1.82) is 0 Å². The van der Waals surface area contributed by atoms with E-state index in [0.717, 1.165) is 0 Å². The summed E-state index contributed by atoms with van der Waals surface area (Å²) in [5.74, 6) is -0.904. The van der Waals surface area contributed by atoms with Crippen LogP contribution in [-0.2, 0) is 4.79 Å². The number of amides is 1. The van der Waals surface area contributed by atoms with Crippen molar-refractivity contribution in [3.63, 3.8) is 0 Å². The summed E-state index contributed by atoms with van der Waals surface area (Å²) in [7, 11) is 0. The Morgan fingerprint density at radius 2 is 2.00 bits per heavy atom. The van der Waals surface area contributed by atoms with Crippen LogP contribution >= 0.6 is 0 Å². The number of carbonyl (C=O) groups excluding carboxylic acids is 1. The van der Waals surface area contributed by atoms with Crippen molar-refractivity contribution in [2.45, 2.75) is 18.9 Å². The third kappa shape index (κ3) is 6.09. The smallest absolute Gasteiger partial charge is 0.306 e. The fraction of sp³-hybridized carbons (Fsp3) is 0.333. The van der Waals surface area contributed by atoms with E-state index in [0.29, 0.717) is 17.9 Å². The van der Waals surface area contributed by atoms with Gasteiger partial charge in [-0.3, -0.25) is 9.59 Å². The van der Waals surface area contributed by atoms with Gasteiger partial charge in [-0.2, -0.15) is 0 Å². The second-order valence-corrected chi connectivity index (χ2v) is 4.87. The molecule has 1 rings (SSSR count). The van der Waals surface area contributed by atoms with Gasteiger partial charge in [0, 0.05) is 12.1 Å². The van der Waals surface area contributed by atoms with Crippen LogP contribution in [0.1, 0.15) is 23.7 Å². The molecule has 0 radical (unpaired) electrons. The third-order valence-corrected chi connectivity index (χ3v) is 2.65. The van der Waals surface area contributed by atoms with E-state index < -0.39 is 23.9 Å². The molecule has 1 aromatic rings. The van der Waals surface area contributed by atoms with Crippen LogP contribution < -0.4 is 10.1 Å². The second kappa shape index (κ2) is 7.44. The zero-order valence-corrected chi connectivity index (χ0v) is 11.8. The van der Waals surface area contributed by atoms with Gasteiger partial charge in [-0.1, -0.05) is 12.7 Å². The Hall–Kier alpha value is -2.34. The summed E-state index contributed by atoms with van der Waals surface area (Å²) in [6, 6.07) is 6.46. The summed E-state index contributed by atoms with van der Waals surface area (Å²) in [6.45, 7) is 5.12. The Morgan fingerprint density at radius 3 is 2.52 bits per heavy atom. The van der Waals surface area contributed by atoms with Gasteiger partial charge in [0.15, 0.2) is 0 Å². The number of aliphatic carboxylic acids is 1. The molecule has 1 atom stereocenters. The second-order valence-electron chi connectivity index (χ2n) is 4.87. The van der Waals surface area contributed by atoms with Gasteiger partial charge in [0.2, 0.25) is 0 Å². The molecule has 0 aliphatic rings. The van der Waals surface area contributed by atoms with Crippen molar-refractivity contribution in [1.82, 2.24) is 5.32 Å². The predicted molar refractivity (Wildman–Crippen MR) is 77.3 cm³/mol. The Labute approximate surface area is 123 Å². The molecule has 1 unspecified atom stereocenters. The summed E-state index contributed by atoms with van der Waals surface area (Å²) >= 11 is 0. The summed E-state index contributed by atoms with van der Waals surface area (Å²) in [4.78, 5) is 22.4. The molecule has 0 aliphatic heterocycles. The fourth-order valence-electron chi connectivity index (χ4n) is 1.62. The number of benzene rings is 1. The summed E-state index contributed by atoms with van der Waals surface area (Å²) in [6.07, 6.45) is 1.17. The fourth-order valence-corrected chi connectivity index (χ4v) is 1.62. The van der Waals surface area contributed by atoms with Crippen LogP contribution in [0.3, 0.4) is 0 Å². The van der Waals surface area contributed by atoms with Crippen LogP contribution in [0, 0.1) is 0 Å². The molecule has 0 aliphatic carbocycles. The van der Waals surface area contributed by atoms with Crippen molar-refractivity contribution in [2.75, 3.05) is 13.2 Å². The molecule has 1 aromatic carbocycles. The molecule has 0 saturated carbocycles. The van der Waals surface area contributed by atoms with E-state index in [1.165, 1.54) is 6.92 Å². The molecule has 6 heteroatoms. The number of nitrogens with one attached hydrogen (secondary N) is 1. The number of carboxylic acid groups (broad SMARTS) is 1. The third-order valence-electron chi connectivity index (χ3n) is 2.65. The highest BCUT2D eigenvalue weighted by Crippen LogP contribution is 2.13. The molecule has 0 fully saturated rings. The van der Waals surface area contributed by atoms with Gasteiger partial charge in [0.05, 0.1) is 12.0 Å². The monoisotopic (exact) mass is 293 g/mol. The first-order valence-corrected chi connectivity index (χ1v) is 6.40. The lowest BCUT2D eigenvalue weighted by atomic mass is 10.0. The Kier molecular flexibility index (Phi) is 5.92. The van der Waals surface area contributed by atoms with E-state index in [-0.39, 0.29) is 6.54 Å². The average molecular weight is 293 g/mol. The van der Waals surface area contributed by atoms with Crippen LogP contribution in [0.2, 0.25) is 0 Å². The zero-order valence-electron chi connectivity index (χ0n) is 11.8. The number of hydrogen-bond donors (Lipinski definition) is 3. The predicted octanol–water partition coefficient (Wildman–Crippen LogP) is 1.21. The molecule has 21 heavy (non-hydrogen) atoms. The van der Waals surface area contributed by atoms with E-state index in [4.69, 9.17) is 9.84 Å². The van der Waals surface area contributed by atoms with E-state index in [1.54, 1.807) is 30.3 Å². The van der Waals surface area contributed by atoms with Gasteiger partial charge in [-0.15, -0.1) is 0 Å². The Bertz CT molecular complexity index is 507. The van der Waals surface area contributed by atoms with Gasteiger partial charge in [-0.05, 0) is 31.2 Å². The molecule has 0 bridgehead atoms. The van der Waals surface area contributed by atoms with Gasteiger partial charge < -0.3 is 20.3 Å². The molecule has 0 aromatic heterocycles. The maximum Gasteiger partial charge on any atom is 0.306 e. The lowest BCUT2D eigenvalue weighted by molar-refractivity contribution is -0.141. The highest BCUT2D eigenvalue weighted by Gasteiger charge is 2.24. The first-order valence-electron chi connectivity index (χ1n) is 6.40. The molecule has 0 spiro atoms. The number of aliphatic hydroxyl groups is 1. The molecule has 6 nitrogen and oxygen atoms in total. The first-order chi connectivity index (χ1) is 9.84. The van der Waals surface area contributed by atoms with Crippen molar-refractivity contribution in [3.8, 4) is 5.75 Å². The maximum atomic E-state index is 11.9. The van der Waals surface area contributed by atoms with Crippen molar-refractivity contribution in [2.24, 2.45) is 0 Å². The van der Waals surface area contributed by atoms with Crippen LogP contribution in [0.25, 0.3) is 0 Å². The molecular formula is C15H19NO5. The Balaban J connectivity index is 2.55. The van der Waals surface area contributed by atoms with E-state index in [1.807, 2.05) is 0 Å². The van der Waals surface area contributed by atoms with Crippen molar-refractivity contribution < 1.29 is 24.5 Å². The maximum absolute atomic E-state index is 11.9. The van der Waals surface area contributed by atoms with Gasteiger partial charge in [-0.25, -0.2) is 0 Å². The molecule has 3 N–H and O–H groups in total. The van der Waals surface area contributed by atoms with E-state index in [9.17, 15) is 14.7 Å². The lowest BCUT2D eigenvalue weighted by Crippen LogP contribution is -2.42. The number of rotatable bonds is 8. The Morgan fingerprint density at radius 1 is 1.38 bits per heavy atom. The average Bonchev–Trinajstić information content (AvgIpc) is 2.42. The molecule has 0 heterocycles. The van der Waals surface area contributed by atoms with Crippen LogP contribution in [0.5, 0.6) is 5.75 Å². The minimum atomic E-state index is -1.49. The number of carbonyl (C=O) groups is 2. The first kappa shape index (κ1) is 16.7. The number of ether oxygens (including phenoxy) is 1. The molecule has 1 amide bonds. The largest absolute Gasteiger partial charge is 0.490 e. The molecular weight excluding hydrogens is 274 g/mol. The topological polar surface area (TPSA) is 95.9 Å². The van der Waals surface area contributed by atoms with Gasteiger partial charge in [0.1, 0.15) is 12.4 Å². The standard InChI is InChI=1S/C15H19NO5/c1-3-8-21-12-6-4-11(5-7-12)14(19)16-10-15(2,20)9-13(17)18/h3-7,20H,1,8-10H2,2H3,(H,16,19)(H,17,18). The van der Waals surface area contributed by atoms with Gasteiger partial charge >= 0.3 is 5.97 Å². The lowest BCUT2D eigenvalue weighted by Gasteiger charge is -2.21. The SMILES string of the molecule is C=CCOc1ccc(C(=O)NCC(C)(O)CC(=O)O)cc1. The highest BCUT2D eigenvalue weighted by molar-refractivity contribution is 5.94. The highest BCUT2D eigenvalue weighted by atomic mass is 16.5. The minimum Gasteiger partial charge on any atom is -0.490 e. The zero-order chi connectivity index (χ0) is 15.9.